The van der Waals surface area contributed by atoms with Crippen molar-refractivity contribution in [3.05, 3.63) is 51.9 Å². The predicted molar refractivity (Wildman–Crippen MR) is 118 cm³/mol. The fraction of sp³-hybridized carbons (Fsp3) is 0.435. The average molecular weight is 426 g/mol. The summed E-state index contributed by atoms with van der Waals surface area (Å²) in [5.74, 6) is -0.0420. The first kappa shape index (κ1) is 20.8. The van der Waals surface area contributed by atoms with Gasteiger partial charge in [0.2, 0.25) is 11.8 Å². The van der Waals surface area contributed by atoms with Crippen molar-refractivity contribution >= 4 is 33.9 Å². The first-order valence-electron chi connectivity index (χ1n) is 10.5. The number of thiophene rings is 1. The van der Waals surface area contributed by atoms with Crippen molar-refractivity contribution in [1.29, 1.82) is 0 Å². The Hall–Kier alpha value is -2.51. The van der Waals surface area contributed by atoms with Crippen molar-refractivity contribution < 1.29 is 14.4 Å². The Balaban J connectivity index is 1.50. The third-order valence-electron chi connectivity index (χ3n) is 5.87. The van der Waals surface area contributed by atoms with E-state index in [1.807, 2.05) is 30.3 Å². The SMILES string of the molecule is CC(=O)N1CCN(CC(=O)Nc2sc3c(c2C(=O)c2ccccc2)CCCC3)CC1. The number of aryl methyl sites for hydroxylation is 1. The standard InChI is InChI=1S/C23H27N3O3S/c1-16(27)26-13-11-25(12-14-26)15-20(28)24-23-21(18-9-5-6-10-19(18)30-23)22(29)17-7-3-2-4-8-17/h2-4,7-8H,5-6,9-15H2,1H3,(H,24,28). The van der Waals surface area contributed by atoms with E-state index >= 15 is 0 Å². The highest BCUT2D eigenvalue weighted by atomic mass is 32.1. The van der Waals surface area contributed by atoms with E-state index in [0.29, 0.717) is 42.3 Å². The molecule has 2 heterocycles. The van der Waals surface area contributed by atoms with Gasteiger partial charge in [-0.1, -0.05) is 30.3 Å². The summed E-state index contributed by atoms with van der Waals surface area (Å²) in [6.07, 6.45) is 4.06. The van der Waals surface area contributed by atoms with Gasteiger partial charge in [-0.15, -0.1) is 11.3 Å². The molecule has 1 aromatic carbocycles. The van der Waals surface area contributed by atoms with Crippen LogP contribution < -0.4 is 5.32 Å². The highest BCUT2D eigenvalue weighted by Crippen LogP contribution is 2.39. The van der Waals surface area contributed by atoms with E-state index in [2.05, 4.69) is 10.2 Å². The third-order valence-corrected chi connectivity index (χ3v) is 7.08. The number of nitrogens with zero attached hydrogens (tertiary/aromatic N) is 2. The summed E-state index contributed by atoms with van der Waals surface area (Å²) in [7, 11) is 0. The maximum absolute atomic E-state index is 13.3. The highest BCUT2D eigenvalue weighted by molar-refractivity contribution is 7.17. The van der Waals surface area contributed by atoms with Crippen LogP contribution in [0.15, 0.2) is 30.3 Å². The molecule has 1 N–H and O–H groups in total. The fourth-order valence-corrected chi connectivity index (χ4v) is 5.52. The van der Waals surface area contributed by atoms with Gasteiger partial charge < -0.3 is 10.2 Å². The number of rotatable bonds is 5. The van der Waals surface area contributed by atoms with Crippen LogP contribution in [0.4, 0.5) is 5.00 Å². The minimum Gasteiger partial charge on any atom is -0.340 e. The molecule has 0 saturated carbocycles. The summed E-state index contributed by atoms with van der Waals surface area (Å²) in [5.41, 5.74) is 2.45. The lowest BCUT2D eigenvalue weighted by Crippen LogP contribution is -2.49. The molecule has 1 aliphatic carbocycles. The van der Waals surface area contributed by atoms with Gasteiger partial charge in [-0.25, -0.2) is 0 Å². The van der Waals surface area contributed by atoms with Crippen molar-refractivity contribution in [2.45, 2.75) is 32.6 Å². The van der Waals surface area contributed by atoms with E-state index in [9.17, 15) is 14.4 Å². The molecule has 0 unspecified atom stereocenters. The predicted octanol–water partition coefficient (Wildman–Crippen LogP) is 2.96. The van der Waals surface area contributed by atoms with Crippen LogP contribution in [-0.4, -0.2) is 60.1 Å². The Morgan fingerprint density at radius 3 is 2.40 bits per heavy atom. The second kappa shape index (κ2) is 9.10. The smallest absolute Gasteiger partial charge is 0.239 e. The summed E-state index contributed by atoms with van der Waals surface area (Å²) in [4.78, 5) is 42.6. The minimum absolute atomic E-state index is 0.0135. The molecule has 0 radical (unpaired) electrons. The van der Waals surface area contributed by atoms with E-state index in [-0.39, 0.29) is 24.1 Å². The van der Waals surface area contributed by atoms with Gasteiger partial charge in [-0.05, 0) is 31.2 Å². The number of carbonyl (C=O) groups excluding carboxylic acids is 3. The fourth-order valence-electron chi connectivity index (χ4n) is 4.22. The molecule has 0 spiro atoms. The Labute approximate surface area is 180 Å². The zero-order valence-corrected chi connectivity index (χ0v) is 18.1. The van der Waals surface area contributed by atoms with Crippen molar-refractivity contribution in [1.82, 2.24) is 9.80 Å². The molecular weight excluding hydrogens is 398 g/mol. The lowest BCUT2D eigenvalue weighted by atomic mass is 9.92. The topological polar surface area (TPSA) is 69.7 Å². The van der Waals surface area contributed by atoms with E-state index in [1.54, 1.807) is 23.2 Å². The molecule has 1 saturated heterocycles. The van der Waals surface area contributed by atoms with Crippen LogP contribution in [0.3, 0.4) is 0 Å². The highest BCUT2D eigenvalue weighted by Gasteiger charge is 2.27. The Kier molecular flexibility index (Phi) is 6.29. The normalized spacial score (nSPS) is 16.8. The zero-order chi connectivity index (χ0) is 21.1. The van der Waals surface area contributed by atoms with Crippen LogP contribution in [-0.2, 0) is 22.4 Å². The molecule has 4 rings (SSSR count). The number of nitrogens with one attached hydrogen (secondary N) is 1. The van der Waals surface area contributed by atoms with Crippen LogP contribution >= 0.6 is 11.3 Å². The molecule has 2 amide bonds. The van der Waals surface area contributed by atoms with Crippen molar-refractivity contribution in [3.63, 3.8) is 0 Å². The van der Waals surface area contributed by atoms with Gasteiger partial charge in [-0.3, -0.25) is 19.3 Å². The van der Waals surface area contributed by atoms with Crippen LogP contribution in [0, 0.1) is 0 Å². The van der Waals surface area contributed by atoms with Gasteiger partial charge in [0, 0.05) is 43.5 Å². The number of piperazine rings is 1. The molecular formula is C23H27N3O3S. The molecule has 30 heavy (non-hydrogen) atoms. The molecule has 2 aliphatic rings. The Bertz CT molecular complexity index is 946. The quantitative estimate of drug-likeness (QED) is 0.748. The van der Waals surface area contributed by atoms with E-state index < -0.39 is 0 Å². The molecule has 7 heteroatoms. The average Bonchev–Trinajstić information content (AvgIpc) is 3.11. The Morgan fingerprint density at radius 1 is 1.00 bits per heavy atom. The van der Waals surface area contributed by atoms with Gasteiger partial charge >= 0.3 is 0 Å². The van der Waals surface area contributed by atoms with Gasteiger partial charge in [0.05, 0.1) is 12.1 Å². The van der Waals surface area contributed by atoms with Crippen LogP contribution in [0.25, 0.3) is 0 Å². The number of hydrogen-bond donors (Lipinski definition) is 1. The molecule has 158 valence electrons. The van der Waals surface area contributed by atoms with Gasteiger partial charge in [0.15, 0.2) is 5.78 Å². The summed E-state index contributed by atoms with van der Waals surface area (Å²) in [6, 6.07) is 9.29. The summed E-state index contributed by atoms with van der Waals surface area (Å²) < 4.78 is 0. The zero-order valence-electron chi connectivity index (χ0n) is 17.3. The van der Waals surface area contributed by atoms with Crippen LogP contribution in [0.5, 0.6) is 0 Å². The molecule has 0 atom stereocenters. The number of carbonyl (C=O) groups is 3. The molecule has 0 bridgehead atoms. The number of hydrogen-bond acceptors (Lipinski definition) is 5. The molecule has 2 aromatic rings. The number of amides is 2. The maximum atomic E-state index is 13.3. The van der Waals surface area contributed by atoms with E-state index in [1.165, 1.54) is 4.88 Å². The maximum Gasteiger partial charge on any atom is 0.239 e. The number of ketones is 1. The van der Waals surface area contributed by atoms with Gasteiger partial charge in [-0.2, -0.15) is 0 Å². The van der Waals surface area contributed by atoms with Crippen molar-refractivity contribution in [3.8, 4) is 0 Å². The lowest BCUT2D eigenvalue weighted by molar-refractivity contribution is -0.130. The summed E-state index contributed by atoms with van der Waals surface area (Å²) >= 11 is 1.56. The monoisotopic (exact) mass is 425 g/mol. The molecule has 6 nitrogen and oxygen atoms in total. The minimum atomic E-state index is -0.105. The van der Waals surface area contributed by atoms with Crippen molar-refractivity contribution in [2.24, 2.45) is 0 Å². The van der Waals surface area contributed by atoms with Gasteiger partial charge in [0.1, 0.15) is 5.00 Å². The first-order valence-corrected chi connectivity index (χ1v) is 11.4. The molecule has 1 fully saturated rings. The van der Waals surface area contributed by atoms with E-state index in [0.717, 1.165) is 31.2 Å². The Morgan fingerprint density at radius 2 is 1.70 bits per heavy atom. The number of benzene rings is 1. The molecule has 1 aromatic heterocycles. The second-order valence-electron chi connectivity index (χ2n) is 7.94. The summed E-state index contributed by atoms with van der Waals surface area (Å²) in [6.45, 7) is 4.51. The largest absolute Gasteiger partial charge is 0.340 e. The third kappa shape index (κ3) is 4.47. The molecule has 1 aliphatic heterocycles. The van der Waals surface area contributed by atoms with E-state index in [4.69, 9.17) is 0 Å². The van der Waals surface area contributed by atoms with Crippen LogP contribution in [0.2, 0.25) is 0 Å². The van der Waals surface area contributed by atoms with Gasteiger partial charge in [0.25, 0.3) is 0 Å². The number of fused-ring (bicyclic) bond motifs is 1. The van der Waals surface area contributed by atoms with Crippen LogP contribution in [0.1, 0.15) is 46.1 Å². The lowest BCUT2D eigenvalue weighted by Gasteiger charge is -2.33. The summed E-state index contributed by atoms with van der Waals surface area (Å²) in [5, 5.41) is 3.72. The first-order chi connectivity index (χ1) is 14.5. The van der Waals surface area contributed by atoms with Crippen molar-refractivity contribution in [2.75, 3.05) is 38.0 Å². The second-order valence-corrected chi connectivity index (χ2v) is 9.05. The number of anilines is 1.